The molecule has 2 aromatic heterocycles. The van der Waals surface area contributed by atoms with Crippen molar-refractivity contribution >= 4 is 29.1 Å². The Labute approximate surface area is 190 Å². The molecule has 0 unspecified atom stereocenters. The number of carbonyl (C=O) groups excluding carboxylic acids is 1. The number of benzene rings is 2. The molecule has 4 aromatic rings. The summed E-state index contributed by atoms with van der Waals surface area (Å²) in [5, 5.41) is 7.89. The van der Waals surface area contributed by atoms with Crippen molar-refractivity contribution in [3.63, 3.8) is 0 Å². The van der Waals surface area contributed by atoms with E-state index >= 15 is 0 Å². The van der Waals surface area contributed by atoms with Gasteiger partial charge in [-0.25, -0.2) is 13.9 Å². The van der Waals surface area contributed by atoms with E-state index < -0.39 is 0 Å². The molecule has 0 aliphatic heterocycles. The molecule has 2 aromatic carbocycles. The molecule has 32 heavy (non-hydrogen) atoms. The molecule has 0 atom stereocenters. The van der Waals surface area contributed by atoms with Crippen LogP contribution in [0.4, 0.5) is 10.1 Å². The molecule has 0 bridgehead atoms. The SMILES string of the molecule is Cc1ccc(NC(=O)CSc2nc3nc(C)c(Cc4ccccc4F)c(C)n3n2)cc1C. The van der Waals surface area contributed by atoms with Crippen LogP contribution in [0.25, 0.3) is 5.78 Å². The van der Waals surface area contributed by atoms with Crippen molar-refractivity contribution in [1.82, 2.24) is 19.6 Å². The van der Waals surface area contributed by atoms with Crippen LogP contribution in [0.2, 0.25) is 0 Å². The molecular weight excluding hydrogens is 425 g/mol. The maximum atomic E-state index is 14.1. The van der Waals surface area contributed by atoms with Crippen LogP contribution in [0.1, 0.15) is 33.6 Å². The van der Waals surface area contributed by atoms with Crippen molar-refractivity contribution < 1.29 is 9.18 Å². The number of aromatic nitrogens is 4. The topological polar surface area (TPSA) is 72.2 Å². The Bertz CT molecular complexity index is 1320. The average molecular weight is 450 g/mol. The first-order chi connectivity index (χ1) is 15.3. The number of hydrogen-bond donors (Lipinski definition) is 1. The van der Waals surface area contributed by atoms with Crippen molar-refractivity contribution in [1.29, 1.82) is 0 Å². The minimum absolute atomic E-state index is 0.127. The van der Waals surface area contributed by atoms with E-state index in [-0.39, 0.29) is 17.5 Å². The molecule has 1 N–H and O–H groups in total. The second-order valence-electron chi connectivity index (χ2n) is 7.77. The number of amides is 1. The van der Waals surface area contributed by atoms with Crippen LogP contribution < -0.4 is 5.32 Å². The van der Waals surface area contributed by atoms with E-state index in [1.807, 2.05) is 52.0 Å². The van der Waals surface area contributed by atoms with Gasteiger partial charge in [-0.2, -0.15) is 4.98 Å². The van der Waals surface area contributed by atoms with Gasteiger partial charge in [0.15, 0.2) is 0 Å². The van der Waals surface area contributed by atoms with Crippen molar-refractivity contribution in [3.8, 4) is 0 Å². The summed E-state index contributed by atoms with van der Waals surface area (Å²) in [6, 6.07) is 12.6. The van der Waals surface area contributed by atoms with Gasteiger partial charge in [-0.15, -0.1) is 5.10 Å². The third-order valence-electron chi connectivity index (χ3n) is 5.48. The van der Waals surface area contributed by atoms with E-state index in [1.165, 1.54) is 23.4 Å². The highest BCUT2D eigenvalue weighted by Crippen LogP contribution is 2.22. The highest BCUT2D eigenvalue weighted by molar-refractivity contribution is 7.99. The zero-order valence-electron chi connectivity index (χ0n) is 18.4. The molecule has 0 fully saturated rings. The normalized spacial score (nSPS) is 11.2. The number of carbonyl (C=O) groups is 1. The lowest BCUT2D eigenvalue weighted by molar-refractivity contribution is -0.113. The Morgan fingerprint density at radius 2 is 1.84 bits per heavy atom. The number of nitrogens with zero attached hydrogens (tertiary/aromatic N) is 4. The fraction of sp³-hybridized carbons (Fsp3) is 0.250. The Balaban J connectivity index is 1.49. The van der Waals surface area contributed by atoms with Gasteiger partial charge in [0.2, 0.25) is 11.1 Å². The summed E-state index contributed by atoms with van der Waals surface area (Å²) < 4.78 is 15.8. The minimum Gasteiger partial charge on any atom is -0.325 e. The highest BCUT2D eigenvalue weighted by atomic mass is 32.2. The molecule has 6 nitrogen and oxygen atoms in total. The van der Waals surface area contributed by atoms with E-state index in [0.717, 1.165) is 28.2 Å². The smallest absolute Gasteiger partial charge is 0.253 e. The van der Waals surface area contributed by atoms with Gasteiger partial charge >= 0.3 is 0 Å². The Kier molecular flexibility index (Phi) is 6.23. The molecule has 0 saturated carbocycles. The summed E-state index contributed by atoms with van der Waals surface area (Å²) >= 11 is 1.25. The molecule has 0 saturated heterocycles. The van der Waals surface area contributed by atoms with Crippen molar-refractivity contribution in [2.75, 3.05) is 11.1 Å². The maximum absolute atomic E-state index is 14.1. The third-order valence-corrected chi connectivity index (χ3v) is 6.32. The van der Waals surface area contributed by atoms with Crippen LogP contribution in [-0.4, -0.2) is 31.2 Å². The van der Waals surface area contributed by atoms with Crippen LogP contribution in [0.15, 0.2) is 47.6 Å². The maximum Gasteiger partial charge on any atom is 0.253 e. The van der Waals surface area contributed by atoms with Crippen molar-refractivity contribution in [2.45, 2.75) is 39.3 Å². The summed E-state index contributed by atoms with van der Waals surface area (Å²) in [5.41, 5.74) is 6.24. The lowest BCUT2D eigenvalue weighted by Gasteiger charge is -2.10. The number of nitrogens with one attached hydrogen (secondary N) is 1. The first-order valence-corrected chi connectivity index (χ1v) is 11.3. The van der Waals surface area contributed by atoms with Crippen LogP contribution in [0.5, 0.6) is 0 Å². The number of rotatable bonds is 6. The molecule has 4 rings (SSSR count). The van der Waals surface area contributed by atoms with Crippen molar-refractivity contribution in [3.05, 3.63) is 81.9 Å². The molecule has 1 amide bonds. The summed E-state index contributed by atoms with van der Waals surface area (Å²) in [6.45, 7) is 7.86. The molecular formula is C24H24FN5OS. The summed E-state index contributed by atoms with van der Waals surface area (Å²) in [6.07, 6.45) is 0.425. The number of thioether (sulfide) groups is 1. The molecule has 0 aliphatic carbocycles. The first-order valence-electron chi connectivity index (χ1n) is 10.3. The van der Waals surface area contributed by atoms with E-state index in [0.29, 0.717) is 22.9 Å². The van der Waals surface area contributed by atoms with Gasteiger partial charge in [0.25, 0.3) is 5.78 Å². The van der Waals surface area contributed by atoms with Gasteiger partial charge in [-0.3, -0.25) is 4.79 Å². The van der Waals surface area contributed by atoms with Crippen LogP contribution in [0, 0.1) is 33.5 Å². The summed E-state index contributed by atoms with van der Waals surface area (Å²) in [4.78, 5) is 21.4. The van der Waals surface area contributed by atoms with Crippen LogP contribution in [0.3, 0.4) is 0 Å². The summed E-state index contributed by atoms with van der Waals surface area (Å²) in [7, 11) is 0. The Morgan fingerprint density at radius 3 is 2.59 bits per heavy atom. The van der Waals surface area contributed by atoms with Gasteiger partial charge < -0.3 is 5.32 Å². The standard InChI is InChI=1S/C24H24FN5OS/c1-14-9-10-19(11-15(14)2)27-22(31)13-32-24-28-23-26-16(3)20(17(4)30(23)29-24)12-18-7-5-6-8-21(18)25/h5-11H,12-13H2,1-4H3,(H,27,31). The van der Waals surface area contributed by atoms with E-state index in [9.17, 15) is 9.18 Å². The fourth-order valence-electron chi connectivity index (χ4n) is 3.49. The van der Waals surface area contributed by atoms with Gasteiger partial charge in [-0.1, -0.05) is 36.0 Å². The van der Waals surface area contributed by atoms with Crippen LogP contribution >= 0.6 is 11.8 Å². The minimum atomic E-state index is -0.240. The monoisotopic (exact) mass is 449 g/mol. The molecule has 8 heteroatoms. The number of aryl methyl sites for hydroxylation is 4. The lowest BCUT2D eigenvalue weighted by Crippen LogP contribution is -2.14. The fourth-order valence-corrected chi connectivity index (χ4v) is 4.10. The molecule has 0 aliphatic rings. The molecule has 0 spiro atoms. The quantitative estimate of drug-likeness (QED) is 0.427. The van der Waals surface area contributed by atoms with E-state index in [2.05, 4.69) is 20.4 Å². The van der Waals surface area contributed by atoms with Gasteiger partial charge in [0.05, 0.1) is 5.75 Å². The second-order valence-corrected chi connectivity index (χ2v) is 8.71. The lowest BCUT2D eigenvalue weighted by atomic mass is 10.0. The Hall–Kier alpha value is -3.26. The molecule has 0 radical (unpaired) electrons. The van der Waals surface area contributed by atoms with E-state index in [4.69, 9.17) is 0 Å². The number of hydrogen-bond acceptors (Lipinski definition) is 5. The zero-order chi connectivity index (χ0) is 22.8. The highest BCUT2D eigenvalue weighted by Gasteiger charge is 2.16. The molecule has 2 heterocycles. The number of anilines is 1. The van der Waals surface area contributed by atoms with E-state index in [1.54, 1.807) is 16.6 Å². The Morgan fingerprint density at radius 1 is 1.06 bits per heavy atom. The van der Waals surface area contributed by atoms with Gasteiger partial charge in [0.1, 0.15) is 5.82 Å². The first kappa shape index (κ1) is 22.0. The molecule has 164 valence electrons. The van der Waals surface area contributed by atoms with Crippen molar-refractivity contribution in [2.24, 2.45) is 0 Å². The van der Waals surface area contributed by atoms with Gasteiger partial charge in [-0.05, 0) is 68.1 Å². The number of fused-ring (bicyclic) bond motifs is 1. The largest absolute Gasteiger partial charge is 0.325 e. The van der Waals surface area contributed by atoms with Gasteiger partial charge in [0, 0.05) is 23.5 Å². The zero-order valence-corrected chi connectivity index (χ0v) is 19.3. The second kappa shape index (κ2) is 9.08. The summed E-state index contributed by atoms with van der Waals surface area (Å²) in [5.74, 6) is 0.285. The number of halogens is 1. The average Bonchev–Trinajstić information content (AvgIpc) is 3.16. The third kappa shape index (κ3) is 4.65. The predicted octanol–water partition coefficient (Wildman–Crippen LogP) is 4.82. The van der Waals surface area contributed by atoms with Crippen LogP contribution in [-0.2, 0) is 11.2 Å². The predicted molar refractivity (Wildman–Crippen MR) is 125 cm³/mol.